The highest BCUT2D eigenvalue weighted by molar-refractivity contribution is 5.91. The fourth-order valence-corrected chi connectivity index (χ4v) is 2.72. The van der Waals surface area contributed by atoms with E-state index in [0.717, 1.165) is 12.7 Å². The number of likely N-dealkylation sites (N-methyl/N-ethyl adjacent to an activating group) is 1. The van der Waals surface area contributed by atoms with E-state index in [1.165, 1.54) is 4.90 Å². The van der Waals surface area contributed by atoms with Gasteiger partial charge in [-0.3, -0.25) is 9.59 Å². The smallest absolute Gasteiger partial charge is 0.243 e. The number of nitrogens with two attached hydrogens (primary N) is 1. The number of carbonyl (C=O) groups is 3. The van der Waals surface area contributed by atoms with Gasteiger partial charge in [0.15, 0.2) is 0 Å². The summed E-state index contributed by atoms with van der Waals surface area (Å²) in [4.78, 5) is 37.8. The minimum atomic E-state index is -0.651. The van der Waals surface area contributed by atoms with Gasteiger partial charge < -0.3 is 20.7 Å². The van der Waals surface area contributed by atoms with Crippen LogP contribution in [-0.4, -0.2) is 48.2 Å². The first-order valence-electron chi connectivity index (χ1n) is 8.84. The van der Waals surface area contributed by atoms with Crippen LogP contribution >= 0.6 is 0 Å². The van der Waals surface area contributed by atoms with Gasteiger partial charge >= 0.3 is 0 Å². The van der Waals surface area contributed by atoms with Crippen LogP contribution in [0.15, 0.2) is 0 Å². The molecule has 24 heavy (non-hydrogen) atoms. The standard InChI is InChI=1S/C18H35N3O3/c1-8-13(6)15(19)18(24)21(7)16(12(4)5)17(23)20-14(10-22)9-11(2)3/h10-16H,8-9,19H2,1-7H3,(H,20,23)/t13-,14+,15+,16+/m1/s1. The van der Waals surface area contributed by atoms with Crippen molar-refractivity contribution in [3.63, 3.8) is 0 Å². The molecule has 0 heterocycles. The largest absolute Gasteiger partial charge is 0.345 e. The summed E-state index contributed by atoms with van der Waals surface area (Å²) < 4.78 is 0. The van der Waals surface area contributed by atoms with Gasteiger partial charge in [0.2, 0.25) is 11.8 Å². The molecule has 0 aliphatic heterocycles. The van der Waals surface area contributed by atoms with Crippen molar-refractivity contribution in [2.45, 2.75) is 72.5 Å². The number of carbonyl (C=O) groups excluding carboxylic acids is 3. The van der Waals surface area contributed by atoms with Gasteiger partial charge in [-0.2, -0.15) is 0 Å². The first-order valence-corrected chi connectivity index (χ1v) is 8.84. The molecule has 0 rings (SSSR count). The maximum absolute atomic E-state index is 12.6. The Morgan fingerprint density at radius 3 is 2.08 bits per heavy atom. The van der Waals surface area contributed by atoms with Gasteiger partial charge in [0.05, 0.1) is 12.1 Å². The molecule has 0 aromatic heterocycles. The number of hydrogen-bond donors (Lipinski definition) is 2. The average molecular weight is 341 g/mol. The topological polar surface area (TPSA) is 92.5 Å². The van der Waals surface area contributed by atoms with E-state index >= 15 is 0 Å². The number of hydrogen-bond acceptors (Lipinski definition) is 4. The maximum Gasteiger partial charge on any atom is 0.243 e. The highest BCUT2D eigenvalue weighted by Crippen LogP contribution is 2.15. The summed E-state index contributed by atoms with van der Waals surface area (Å²) in [6.07, 6.45) is 2.12. The van der Waals surface area contributed by atoms with Crippen molar-refractivity contribution in [3.05, 3.63) is 0 Å². The number of amides is 2. The summed E-state index contributed by atoms with van der Waals surface area (Å²) >= 11 is 0. The fraction of sp³-hybridized carbons (Fsp3) is 0.833. The Kier molecular flexibility index (Phi) is 9.82. The van der Waals surface area contributed by atoms with Crippen molar-refractivity contribution in [2.75, 3.05) is 7.05 Å². The second-order valence-corrected chi connectivity index (χ2v) is 7.43. The zero-order valence-corrected chi connectivity index (χ0v) is 16.2. The Bertz CT molecular complexity index is 424. The molecule has 0 fully saturated rings. The molecule has 0 saturated heterocycles. The van der Waals surface area contributed by atoms with E-state index in [9.17, 15) is 14.4 Å². The first-order chi connectivity index (χ1) is 11.1. The van der Waals surface area contributed by atoms with Crippen molar-refractivity contribution in [2.24, 2.45) is 23.5 Å². The van der Waals surface area contributed by atoms with E-state index in [4.69, 9.17) is 5.73 Å². The molecule has 2 amide bonds. The summed E-state index contributed by atoms with van der Waals surface area (Å²) in [5.74, 6) is -0.315. The van der Waals surface area contributed by atoms with Gasteiger partial charge in [-0.15, -0.1) is 0 Å². The van der Waals surface area contributed by atoms with Crippen LogP contribution in [0.1, 0.15) is 54.4 Å². The molecule has 0 saturated carbocycles. The molecule has 0 aromatic carbocycles. The van der Waals surface area contributed by atoms with E-state index < -0.39 is 18.1 Å². The lowest BCUT2D eigenvalue weighted by molar-refractivity contribution is -0.142. The van der Waals surface area contributed by atoms with Crippen LogP contribution in [0.3, 0.4) is 0 Å². The zero-order valence-electron chi connectivity index (χ0n) is 16.2. The molecule has 0 aliphatic carbocycles. The van der Waals surface area contributed by atoms with E-state index in [1.807, 2.05) is 41.5 Å². The fourth-order valence-electron chi connectivity index (χ4n) is 2.72. The number of rotatable bonds is 10. The van der Waals surface area contributed by atoms with Gasteiger partial charge in [0.25, 0.3) is 0 Å². The van der Waals surface area contributed by atoms with E-state index in [0.29, 0.717) is 6.42 Å². The van der Waals surface area contributed by atoms with Crippen molar-refractivity contribution in [1.82, 2.24) is 10.2 Å². The van der Waals surface area contributed by atoms with E-state index in [1.54, 1.807) is 7.05 Å². The first kappa shape index (κ1) is 22.6. The molecule has 6 heteroatoms. The van der Waals surface area contributed by atoms with Crippen molar-refractivity contribution < 1.29 is 14.4 Å². The molecular weight excluding hydrogens is 306 g/mol. The van der Waals surface area contributed by atoms with Crippen LogP contribution in [-0.2, 0) is 14.4 Å². The second kappa shape index (κ2) is 10.4. The third-order valence-electron chi connectivity index (χ3n) is 4.42. The third kappa shape index (κ3) is 6.59. The maximum atomic E-state index is 12.6. The normalized spacial score (nSPS) is 16.4. The monoisotopic (exact) mass is 341 g/mol. The second-order valence-electron chi connectivity index (χ2n) is 7.43. The predicted molar refractivity (Wildman–Crippen MR) is 96.3 cm³/mol. The predicted octanol–water partition coefficient (Wildman–Crippen LogP) is 1.57. The molecule has 0 unspecified atom stereocenters. The third-order valence-corrected chi connectivity index (χ3v) is 4.42. The molecular formula is C18H35N3O3. The highest BCUT2D eigenvalue weighted by Gasteiger charge is 2.34. The molecule has 0 spiro atoms. The van der Waals surface area contributed by atoms with Crippen LogP contribution < -0.4 is 11.1 Å². The Hall–Kier alpha value is -1.43. The van der Waals surface area contributed by atoms with E-state index in [-0.39, 0.29) is 29.6 Å². The molecule has 4 atom stereocenters. The van der Waals surface area contributed by atoms with Crippen LogP contribution in [0.5, 0.6) is 0 Å². The Balaban J connectivity index is 5.16. The van der Waals surface area contributed by atoms with Crippen LogP contribution in [0, 0.1) is 17.8 Å². The minimum absolute atomic E-state index is 0.0412. The number of nitrogens with zero attached hydrogens (tertiary/aromatic N) is 1. The quantitative estimate of drug-likeness (QED) is 0.590. The number of aldehydes is 1. The van der Waals surface area contributed by atoms with Gasteiger partial charge in [-0.25, -0.2) is 0 Å². The van der Waals surface area contributed by atoms with Crippen LogP contribution in [0.4, 0.5) is 0 Å². The summed E-state index contributed by atoms with van der Waals surface area (Å²) in [5, 5.41) is 2.76. The lowest BCUT2D eigenvalue weighted by atomic mass is 9.95. The van der Waals surface area contributed by atoms with Gasteiger partial charge in [0, 0.05) is 7.05 Å². The van der Waals surface area contributed by atoms with Crippen molar-refractivity contribution in [1.29, 1.82) is 0 Å². The summed E-state index contributed by atoms with van der Waals surface area (Å²) in [5.41, 5.74) is 6.02. The lowest BCUT2D eigenvalue weighted by Crippen LogP contribution is -2.57. The highest BCUT2D eigenvalue weighted by atomic mass is 16.2. The molecule has 140 valence electrons. The molecule has 0 aromatic rings. The summed E-state index contributed by atoms with van der Waals surface area (Å²) in [6, 6.07) is -1.82. The average Bonchev–Trinajstić information content (AvgIpc) is 2.50. The minimum Gasteiger partial charge on any atom is -0.345 e. The Labute approximate surface area is 146 Å². The SMILES string of the molecule is CC[C@@H](C)[C@H](N)C(=O)N(C)[C@H](C(=O)N[C@H](C=O)CC(C)C)C(C)C. The molecule has 3 N–H and O–H groups in total. The molecule has 0 radical (unpaired) electrons. The zero-order chi connectivity index (χ0) is 19.0. The molecule has 0 bridgehead atoms. The Morgan fingerprint density at radius 2 is 1.71 bits per heavy atom. The van der Waals surface area contributed by atoms with Gasteiger partial charge in [-0.1, -0.05) is 48.0 Å². The van der Waals surface area contributed by atoms with Crippen LogP contribution in [0.2, 0.25) is 0 Å². The van der Waals surface area contributed by atoms with Crippen LogP contribution in [0.25, 0.3) is 0 Å². The lowest BCUT2D eigenvalue weighted by Gasteiger charge is -2.34. The number of nitrogens with one attached hydrogen (secondary N) is 1. The van der Waals surface area contributed by atoms with E-state index in [2.05, 4.69) is 5.32 Å². The molecule has 6 nitrogen and oxygen atoms in total. The van der Waals surface area contributed by atoms with Crippen molar-refractivity contribution in [3.8, 4) is 0 Å². The van der Waals surface area contributed by atoms with Gasteiger partial charge in [0.1, 0.15) is 12.3 Å². The summed E-state index contributed by atoms with van der Waals surface area (Å²) in [6.45, 7) is 11.6. The summed E-state index contributed by atoms with van der Waals surface area (Å²) in [7, 11) is 1.60. The Morgan fingerprint density at radius 1 is 1.17 bits per heavy atom. The van der Waals surface area contributed by atoms with Crippen molar-refractivity contribution >= 4 is 18.1 Å². The molecule has 0 aliphatic rings. The van der Waals surface area contributed by atoms with Gasteiger partial charge in [-0.05, 0) is 24.2 Å².